The number of carbonyl (C=O) groups excluding carboxylic acids is 1. The van der Waals surface area contributed by atoms with Crippen LogP contribution in [0.1, 0.15) is 28.2 Å². The maximum absolute atomic E-state index is 12.0. The highest BCUT2D eigenvalue weighted by Gasteiger charge is 2.15. The Kier molecular flexibility index (Phi) is 4.53. The second-order valence-electron chi connectivity index (χ2n) is 3.71. The summed E-state index contributed by atoms with van der Waals surface area (Å²) in [5.41, 5.74) is 1.04. The molecule has 0 spiro atoms. The summed E-state index contributed by atoms with van der Waals surface area (Å²) >= 11 is 8.15. The molecule has 0 aromatic carbocycles. The normalized spacial score (nSPS) is 12.2. The second-order valence-corrected chi connectivity index (χ2v) is 6.93. The third-order valence-corrected chi connectivity index (χ3v) is 5.68. The van der Waals surface area contributed by atoms with E-state index < -0.39 is 0 Å². The van der Waals surface area contributed by atoms with Crippen LogP contribution in [0.3, 0.4) is 0 Å². The molecule has 0 aliphatic carbocycles. The van der Waals surface area contributed by atoms with E-state index in [9.17, 15) is 4.79 Å². The van der Waals surface area contributed by atoms with Gasteiger partial charge in [-0.25, -0.2) is 0 Å². The summed E-state index contributed by atoms with van der Waals surface area (Å²) in [5.74, 6) is -0.0734. The number of pyridine rings is 1. The predicted octanol–water partition coefficient (Wildman–Crippen LogP) is 4.16. The smallest absolute Gasteiger partial charge is 0.261 e. The minimum atomic E-state index is -0.0734. The first-order valence-electron chi connectivity index (χ1n) is 5.23. The lowest BCUT2D eigenvalue weighted by Gasteiger charge is -2.13. The van der Waals surface area contributed by atoms with Gasteiger partial charge in [-0.1, -0.05) is 0 Å². The Morgan fingerprint density at radius 2 is 2.06 bits per heavy atom. The van der Waals surface area contributed by atoms with Crippen LogP contribution in [0.2, 0.25) is 0 Å². The highest BCUT2D eigenvalue weighted by Crippen LogP contribution is 2.32. The van der Waals surface area contributed by atoms with Gasteiger partial charge in [-0.15, -0.1) is 11.3 Å². The van der Waals surface area contributed by atoms with E-state index in [1.807, 2.05) is 25.1 Å². The van der Waals surface area contributed by atoms with Crippen LogP contribution in [-0.4, -0.2) is 10.9 Å². The fourth-order valence-corrected chi connectivity index (χ4v) is 3.40. The summed E-state index contributed by atoms with van der Waals surface area (Å²) in [6.45, 7) is 1.95. The zero-order valence-corrected chi connectivity index (χ0v) is 13.5. The number of hydrogen-bond acceptors (Lipinski definition) is 3. The standard InChI is InChI=1S/C12H10Br2N2OS/c1-7(8-2-4-15-5-3-8)16-12(17)10-6-9(13)11(14)18-10/h2-7H,1H3,(H,16,17)/t7-/m1/s1. The van der Waals surface area contributed by atoms with Gasteiger partial charge in [0.15, 0.2) is 0 Å². The number of nitrogens with zero attached hydrogens (tertiary/aromatic N) is 1. The van der Waals surface area contributed by atoms with Gasteiger partial charge < -0.3 is 5.32 Å². The topological polar surface area (TPSA) is 42.0 Å². The molecule has 18 heavy (non-hydrogen) atoms. The van der Waals surface area contributed by atoms with E-state index in [0.717, 1.165) is 13.8 Å². The lowest BCUT2D eigenvalue weighted by molar-refractivity contribution is 0.0944. The molecule has 0 unspecified atom stereocenters. The van der Waals surface area contributed by atoms with E-state index in [-0.39, 0.29) is 11.9 Å². The van der Waals surface area contributed by atoms with Gasteiger partial charge in [0.05, 0.1) is 14.7 Å². The summed E-state index contributed by atoms with van der Waals surface area (Å²) in [6.07, 6.45) is 3.44. The molecule has 2 aromatic rings. The SMILES string of the molecule is C[C@@H](NC(=O)c1cc(Br)c(Br)s1)c1ccncc1. The van der Waals surface area contributed by atoms with Gasteiger partial charge in [0, 0.05) is 16.9 Å². The Hall–Kier alpha value is -0.720. The van der Waals surface area contributed by atoms with Crippen LogP contribution in [0.4, 0.5) is 0 Å². The Bertz CT molecular complexity index is 537. The van der Waals surface area contributed by atoms with Crippen molar-refractivity contribution in [1.82, 2.24) is 10.3 Å². The molecule has 0 aliphatic heterocycles. The molecule has 0 saturated carbocycles. The largest absolute Gasteiger partial charge is 0.345 e. The lowest BCUT2D eigenvalue weighted by atomic mass is 10.1. The van der Waals surface area contributed by atoms with Crippen molar-refractivity contribution in [2.24, 2.45) is 0 Å². The van der Waals surface area contributed by atoms with Crippen LogP contribution in [0.15, 0.2) is 38.9 Å². The number of halogens is 2. The van der Waals surface area contributed by atoms with Crippen LogP contribution in [0.5, 0.6) is 0 Å². The first kappa shape index (κ1) is 13.7. The van der Waals surface area contributed by atoms with Gasteiger partial charge in [-0.3, -0.25) is 9.78 Å². The summed E-state index contributed by atoms with van der Waals surface area (Å²) in [6, 6.07) is 5.56. The van der Waals surface area contributed by atoms with E-state index in [1.165, 1.54) is 11.3 Å². The molecule has 0 radical (unpaired) electrons. The van der Waals surface area contributed by atoms with Crippen LogP contribution in [0, 0.1) is 0 Å². The van der Waals surface area contributed by atoms with Gasteiger partial charge in [-0.05, 0) is 62.5 Å². The minimum absolute atomic E-state index is 0.0415. The summed E-state index contributed by atoms with van der Waals surface area (Å²) in [7, 11) is 0. The van der Waals surface area contributed by atoms with Crippen molar-refractivity contribution < 1.29 is 4.79 Å². The summed E-state index contributed by atoms with van der Waals surface area (Å²) in [4.78, 5) is 16.7. The molecule has 3 nitrogen and oxygen atoms in total. The van der Waals surface area contributed by atoms with Crippen molar-refractivity contribution in [3.63, 3.8) is 0 Å². The van der Waals surface area contributed by atoms with Gasteiger partial charge in [-0.2, -0.15) is 0 Å². The zero-order chi connectivity index (χ0) is 13.1. The summed E-state index contributed by atoms with van der Waals surface area (Å²) < 4.78 is 1.82. The van der Waals surface area contributed by atoms with Gasteiger partial charge in [0.25, 0.3) is 5.91 Å². The number of nitrogens with one attached hydrogen (secondary N) is 1. The van der Waals surface area contributed by atoms with E-state index in [4.69, 9.17) is 0 Å². The monoisotopic (exact) mass is 388 g/mol. The molecule has 0 fully saturated rings. The van der Waals surface area contributed by atoms with Crippen molar-refractivity contribution >= 4 is 49.1 Å². The molecule has 1 amide bonds. The van der Waals surface area contributed by atoms with E-state index >= 15 is 0 Å². The highest BCUT2D eigenvalue weighted by molar-refractivity contribution is 9.13. The first-order valence-corrected chi connectivity index (χ1v) is 7.64. The molecule has 0 saturated heterocycles. The van der Waals surface area contributed by atoms with Gasteiger partial charge >= 0.3 is 0 Å². The number of amides is 1. The Morgan fingerprint density at radius 3 is 2.61 bits per heavy atom. The number of hydrogen-bond donors (Lipinski definition) is 1. The highest BCUT2D eigenvalue weighted by atomic mass is 79.9. The molecule has 6 heteroatoms. The molecule has 2 heterocycles. The van der Waals surface area contributed by atoms with Crippen molar-refractivity contribution in [2.45, 2.75) is 13.0 Å². The maximum Gasteiger partial charge on any atom is 0.261 e. The predicted molar refractivity (Wildman–Crippen MR) is 79.8 cm³/mol. The zero-order valence-electron chi connectivity index (χ0n) is 9.48. The molecular weight excluding hydrogens is 380 g/mol. The Morgan fingerprint density at radius 1 is 1.39 bits per heavy atom. The third kappa shape index (κ3) is 3.18. The van der Waals surface area contributed by atoms with Crippen LogP contribution < -0.4 is 5.32 Å². The molecular formula is C12H10Br2N2OS. The molecule has 94 valence electrons. The fraction of sp³-hybridized carbons (Fsp3) is 0.167. The van der Waals surface area contributed by atoms with Gasteiger partial charge in [0.2, 0.25) is 0 Å². The lowest BCUT2D eigenvalue weighted by Crippen LogP contribution is -2.25. The number of aromatic nitrogens is 1. The first-order chi connectivity index (χ1) is 8.58. The number of rotatable bonds is 3. The Labute approximate surface area is 126 Å². The molecule has 1 atom stereocenters. The molecule has 2 aromatic heterocycles. The fourth-order valence-electron chi connectivity index (χ4n) is 1.46. The van der Waals surface area contributed by atoms with Crippen molar-refractivity contribution in [3.8, 4) is 0 Å². The van der Waals surface area contributed by atoms with Crippen molar-refractivity contribution in [2.75, 3.05) is 0 Å². The molecule has 0 bridgehead atoms. The Balaban J connectivity index is 2.08. The molecule has 0 aliphatic rings. The van der Waals surface area contributed by atoms with Crippen molar-refractivity contribution in [3.05, 3.63) is 49.3 Å². The summed E-state index contributed by atoms with van der Waals surface area (Å²) in [5, 5.41) is 2.96. The number of carbonyl (C=O) groups is 1. The molecule has 1 N–H and O–H groups in total. The second kappa shape index (κ2) is 5.95. The van der Waals surface area contributed by atoms with Gasteiger partial charge in [0.1, 0.15) is 0 Å². The van der Waals surface area contributed by atoms with Crippen LogP contribution in [0.25, 0.3) is 0 Å². The minimum Gasteiger partial charge on any atom is -0.345 e. The average Bonchev–Trinajstić information content (AvgIpc) is 2.71. The van der Waals surface area contributed by atoms with E-state index in [2.05, 4.69) is 42.2 Å². The van der Waals surface area contributed by atoms with Crippen LogP contribution in [-0.2, 0) is 0 Å². The van der Waals surface area contributed by atoms with E-state index in [0.29, 0.717) is 4.88 Å². The quantitative estimate of drug-likeness (QED) is 0.856. The van der Waals surface area contributed by atoms with Crippen LogP contribution >= 0.6 is 43.2 Å². The van der Waals surface area contributed by atoms with E-state index in [1.54, 1.807) is 12.4 Å². The van der Waals surface area contributed by atoms with Crippen molar-refractivity contribution in [1.29, 1.82) is 0 Å². The average molecular weight is 390 g/mol. The maximum atomic E-state index is 12.0. The third-order valence-electron chi connectivity index (χ3n) is 2.42. The molecule has 2 rings (SSSR count). The number of thiophene rings is 1.